The van der Waals surface area contributed by atoms with E-state index in [1.807, 2.05) is 19.1 Å². The Balaban J connectivity index is 1.72. The minimum Gasteiger partial charge on any atom is -0.282 e. The molecule has 0 aromatic carbocycles. The Kier molecular flexibility index (Phi) is 5.16. The van der Waals surface area contributed by atoms with Crippen LogP contribution in [0.25, 0.3) is 11.4 Å². The maximum absolute atomic E-state index is 12.3. The quantitative estimate of drug-likeness (QED) is 0.861. The molecule has 1 aliphatic heterocycles. The number of aryl methyl sites for hydroxylation is 1. The number of nitrogens with one attached hydrogen (secondary N) is 1. The van der Waals surface area contributed by atoms with Crippen LogP contribution >= 0.6 is 0 Å². The Labute approximate surface area is 148 Å². The Bertz CT molecular complexity index is 833. The lowest BCUT2D eigenvalue weighted by Gasteiger charge is -2.33. The van der Waals surface area contributed by atoms with Crippen molar-refractivity contribution in [3.8, 4) is 11.4 Å². The molecule has 1 atom stereocenters. The van der Waals surface area contributed by atoms with Crippen molar-refractivity contribution in [1.29, 1.82) is 0 Å². The second-order valence-electron chi connectivity index (χ2n) is 6.69. The number of H-pyrrole nitrogens is 1. The minimum atomic E-state index is -3.35. The summed E-state index contributed by atoms with van der Waals surface area (Å²) >= 11 is 0. The number of aromatic nitrogens is 4. The summed E-state index contributed by atoms with van der Waals surface area (Å²) in [6, 6.07) is 3.88. The van der Waals surface area contributed by atoms with Gasteiger partial charge in [0.15, 0.2) is 0 Å². The molecule has 1 fully saturated rings. The van der Waals surface area contributed by atoms with Crippen molar-refractivity contribution >= 4 is 10.2 Å². The number of rotatable bonds is 5. The van der Waals surface area contributed by atoms with Gasteiger partial charge in [-0.25, -0.2) is 9.97 Å². The standard InChI is InChI=1S/C16H24N6O2S/c1-12-7-16(20-19-12)15-9-14(17-11-18-15)8-13-5-4-6-22(10-13)25(23,24)21(2)3/h7,9,11,13H,4-6,8,10H2,1-3H3,(H,19,20)/t13-/m1/s1. The minimum absolute atomic E-state index is 0.257. The zero-order valence-corrected chi connectivity index (χ0v) is 15.6. The van der Waals surface area contributed by atoms with Crippen LogP contribution in [0.15, 0.2) is 18.5 Å². The monoisotopic (exact) mass is 364 g/mol. The zero-order valence-electron chi connectivity index (χ0n) is 14.8. The lowest BCUT2D eigenvalue weighted by atomic mass is 9.94. The fourth-order valence-corrected chi connectivity index (χ4v) is 4.35. The van der Waals surface area contributed by atoms with Crippen LogP contribution < -0.4 is 0 Å². The molecular weight excluding hydrogens is 340 g/mol. The Hall–Kier alpha value is -1.84. The van der Waals surface area contributed by atoms with E-state index in [4.69, 9.17) is 0 Å². The molecule has 3 rings (SSSR count). The molecule has 0 saturated carbocycles. The SMILES string of the molecule is Cc1cc(-c2cc(C[C@H]3CCCN(S(=O)(=O)N(C)C)C3)ncn2)n[nH]1. The van der Waals surface area contributed by atoms with Gasteiger partial charge in [-0.3, -0.25) is 5.10 Å². The van der Waals surface area contributed by atoms with Crippen molar-refractivity contribution in [3.63, 3.8) is 0 Å². The lowest BCUT2D eigenvalue weighted by Crippen LogP contribution is -2.45. The lowest BCUT2D eigenvalue weighted by molar-refractivity contribution is 0.253. The molecule has 0 radical (unpaired) electrons. The third kappa shape index (κ3) is 4.05. The van der Waals surface area contributed by atoms with Crippen LogP contribution in [0.1, 0.15) is 24.2 Å². The highest BCUT2D eigenvalue weighted by Gasteiger charge is 2.30. The van der Waals surface area contributed by atoms with E-state index in [1.54, 1.807) is 24.7 Å². The molecule has 2 aromatic heterocycles. The highest BCUT2D eigenvalue weighted by molar-refractivity contribution is 7.86. The maximum atomic E-state index is 12.3. The molecular formula is C16H24N6O2S. The average molecular weight is 364 g/mol. The van der Waals surface area contributed by atoms with Crippen LogP contribution in [0.5, 0.6) is 0 Å². The summed E-state index contributed by atoms with van der Waals surface area (Å²) in [7, 11) is -0.212. The predicted octanol–water partition coefficient (Wildman–Crippen LogP) is 1.24. The van der Waals surface area contributed by atoms with Crippen molar-refractivity contribution < 1.29 is 8.42 Å². The topological polar surface area (TPSA) is 95.1 Å². The van der Waals surface area contributed by atoms with Gasteiger partial charge in [-0.15, -0.1) is 0 Å². The summed E-state index contributed by atoms with van der Waals surface area (Å²) in [5.74, 6) is 0.257. The molecule has 0 bridgehead atoms. The Morgan fingerprint density at radius 3 is 2.76 bits per heavy atom. The fourth-order valence-electron chi connectivity index (χ4n) is 3.13. The molecule has 0 aliphatic carbocycles. The molecule has 1 saturated heterocycles. The molecule has 25 heavy (non-hydrogen) atoms. The van der Waals surface area contributed by atoms with Gasteiger partial charge in [0.05, 0.1) is 5.69 Å². The van der Waals surface area contributed by atoms with Crippen molar-refractivity contribution in [2.24, 2.45) is 5.92 Å². The van der Waals surface area contributed by atoms with E-state index in [-0.39, 0.29) is 5.92 Å². The van der Waals surface area contributed by atoms with Crippen molar-refractivity contribution in [2.45, 2.75) is 26.2 Å². The second-order valence-corrected chi connectivity index (χ2v) is 8.83. The summed E-state index contributed by atoms with van der Waals surface area (Å²) in [6.07, 6.45) is 4.15. The first-order valence-electron chi connectivity index (χ1n) is 8.37. The van der Waals surface area contributed by atoms with Gasteiger partial charge >= 0.3 is 0 Å². The highest BCUT2D eigenvalue weighted by atomic mass is 32.2. The molecule has 136 valence electrons. The molecule has 8 nitrogen and oxygen atoms in total. The molecule has 0 unspecified atom stereocenters. The Morgan fingerprint density at radius 2 is 2.08 bits per heavy atom. The third-order valence-electron chi connectivity index (χ3n) is 4.46. The van der Waals surface area contributed by atoms with Crippen molar-refractivity contribution in [3.05, 3.63) is 29.8 Å². The highest BCUT2D eigenvalue weighted by Crippen LogP contribution is 2.24. The summed E-state index contributed by atoms with van der Waals surface area (Å²) in [5, 5.41) is 7.14. The van der Waals surface area contributed by atoms with Crippen LogP contribution in [-0.2, 0) is 16.6 Å². The van der Waals surface area contributed by atoms with E-state index in [9.17, 15) is 8.42 Å². The van der Waals surface area contributed by atoms with Crippen LogP contribution in [0.3, 0.4) is 0 Å². The largest absolute Gasteiger partial charge is 0.282 e. The zero-order chi connectivity index (χ0) is 18.0. The van der Waals surface area contributed by atoms with Gasteiger partial charge in [0.2, 0.25) is 0 Å². The van der Waals surface area contributed by atoms with Gasteiger partial charge < -0.3 is 0 Å². The predicted molar refractivity (Wildman–Crippen MR) is 95.0 cm³/mol. The van der Waals surface area contributed by atoms with Gasteiger partial charge in [0, 0.05) is 38.6 Å². The molecule has 1 aliphatic rings. The number of hydrogen-bond donors (Lipinski definition) is 1. The average Bonchev–Trinajstić information content (AvgIpc) is 3.02. The summed E-state index contributed by atoms with van der Waals surface area (Å²) in [5.41, 5.74) is 3.47. The number of nitrogens with zero attached hydrogens (tertiary/aromatic N) is 5. The number of piperidine rings is 1. The van der Waals surface area contributed by atoms with Gasteiger partial charge in [0.25, 0.3) is 10.2 Å². The van der Waals surface area contributed by atoms with E-state index in [0.29, 0.717) is 13.1 Å². The second kappa shape index (κ2) is 7.19. The molecule has 1 N–H and O–H groups in total. The molecule has 3 heterocycles. The van der Waals surface area contributed by atoms with Crippen LogP contribution in [0.4, 0.5) is 0 Å². The van der Waals surface area contributed by atoms with E-state index in [1.165, 1.54) is 4.31 Å². The van der Waals surface area contributed by atoms with Gasteiger partial charge in [-0.1, -0.05) is 0 Å². The van der Waals surface area contributed by atoms with Gasteiger partial charge in [-0.2, -0.15) is 22.1 Å². The summed E-state index contributed by atoms with van der Waals surface area (Å²) < 4.78 is 27.5. The maximum Gasteiger partial charge on any atom is 0.281 e. The first-order chi connectivity index (χ1) is 11.9. The van der Waals surface area contributed by atoms with Gasteiger partial charge in [0.1, 0.15) is 12.0 Å². The van der Waals surface area contributed by atoms with E-state index >= 15 is 0 Å². The van der Waals surface area contributed by atoms with Crippen LogP contribution in [-0.4, -0.2) is 64.4 Å². The molecule has 0 amide bonds. The van der Waals surface area contributed by atoms with Gasteiger partial charge in [-0.05, 0) is 44.2 Å². The summed E-state index contributed by atoms with van der Waals surface area (Å²) in [6.45, 7) is 3.06. The number of aromatic amines is 1. The Morgan fingerprint density at radius 1 is 1.28 bits per heavy atom. The first kappa shape index (κ1) is 18.0. The summed E-state index contributed by atoms with van der Waals surface area (Å²) in [4.78, 5) is 8.65. The molecule has 2 aromatic rings. The first-order valence-corrected chi connectivity index (χ1v) is 9.77. The van der Waals surface area contributed by atoms with Crippen LogP contribution in [0, 0.1) is 12.8 Å². The van der Waals surface area contributed by atoms with Crippen molar-refractivity contribution in [1.82, 2.24) is 28.8 Å². The van der Waals surface area contributed by atoms with E-state index in [2.05, 4.69) is 20.2 Å². The van der Waals surface area contributed by atoms with E-state index in [0.717, 1.165) is 42.0 Å². The molecule has 0 spiro atoms. The smallest absolute Gasteiger partial charge is 0.281 e. The van der Waals surface area contributed by atoms with Crippen molar-refractivity contribution in [2.75, 3.05) is 27.2 Å². The van der Waals surface area contributed by atoms with E-state index < -0.39 is 10.2 Å². The third-order valence-corrected chi connectivity index (χ3v) is 6.37. The fraction of sp³-hybridized carbons (Fsp3) is 0.562. The number of hydrogen-bond acceptors (Lipinski definition) is 5. The molecule has 9 heteroatoms. The normalized spacial score (nSPS) is 19.4. The van der Waals surface area contributed by atoms with Crippen LogP contribution in [0.2, 0.25) is 0 Å².